The van der Waals surface area contributed by atoms with Gasteiger partial charge in [0.25, 0.3) is 0 Å². The van der Waals surface area contributed by atoms with E-state index < -0.39 is 5.97 Å². The lowest BCUT2D eigenvalue weighted by atomic mass is 10.1. The number of benzene rings is 1. The Hall–Kier alpha value is -1.39. The Labute approximate surface area is 98.2 Å². The molecule has 0 saturated carbocycles. The van der Waals surface area contributed by atoms with E-state index in [4.69, 9.17) is 11.6 Å². The summed E-state index contributed by atoms with van der Waals surface area (Å²) >= 11 is 5.69. The van der Waals surface area contributed by atoms with Gasteiger partial charge in [-0.15, -0.1) is 0 Å². The number of Topliss-reactive ketones (excluding diaryl/α,β-unsaturated/α-hetero) is 1. The van der Waals surface area contributed by atoms with Gasteiger partial charge in [0.1, 0.15) is 6.54 Å². The summed E-state index contributed by atoms with van der Waals surface area (Å²) in [5, 5.41) is 12.2. The molecule has 0 aliphatic carbocycles. The van der Waals surface area contributed by atoms with Gasteiger partial charge in [0.2, 0.25) is 0 Å². The maximum atomic E-state index is 11.6. The molecule has 16 heavy (non-hydrogen) atoms. The third kappa shape index (κ3) is 4.42. The van der Waals surface area contributed by atoms with Crippen molar-refractivity contribution in [2.24, 2.45) is 0 Å². The number of carbonyl (C=O) groups is 2. The zero-order chi connectivity index (χ0) is 12.0. The van der Waals surface area contributed by atoms with Crippen molar-refractivity contribution >= 4 is 23.4 Å². The highest BCUT2D eigenvalue weighted by molar-refractivity contribution is 6.30. The number of quaternary nitrogens is 1. The minimum Gasteiger partial charge on any atom is -0.544 e. The number of nitrogens with two attached hydrogens (primary N) is 1. The van der Waals surface area contributed by atoms with Gasteiger partial charge in [-0.25, -0.2) is 0 Å². The molecule has 0 spiro atoms. The Kier molecular flexibility index (Phi) is 4.95. The average Bonchev–Trinajstić information content (AvgIpc) is 2.25. The monoisotopic (exact) mass is 241 g/mol. The Morgan fingerprint density at radius 2 is 1.88 bits per heavy atom. The normalized spacial score (nSPS) is 10.1. The fourth-order valence-electron chi connectivity index (χ4n) is 1.23. The van der Waals surface area contributed by atoms with Crippen molar-refractivity contribution in [3.05, 3.63) is 34.9 Å². The fourth-order valence-corrected chi connectivity index (χ4v) is 1.36. The minimum atomic E-state index is -1.13. The average molecular weight is 242 g/mol. The summed E-state index contributed by atoms with van der Waals surface area (Å²) in [5.41, 5.74) is 0.589. The molecule has 4 nitrogen and oxygen atoms in total. The van der Waals surface area contributed by atoms with E-state index in [9.17, 15) is 14.7 Å². The second-order valence-electron chi connectivity index (χ2n) is 3.33. The number of hydrogen-bond acceptors (Lipinski definition) is 3. The summed E-state index contributed by atoms with van der Waals surface area (Å²) in [5.74, 6) is -1.15. The number of hydrogen-bond donors (Lipinski definition) is 1. The highest BCUT2D eigenvalue weighted by atomic mass is 35.5. The lowest BCUT2D eigenvalue weighted by Crippen LogP contribution is -2.87. The first kappa shape index (κ1) is 12.7. The third-order valence-corrected chi connectivity index (χ3v) is 2.30. The molecule has 1 aromatic carbocycles. The molecule has 5 heteroatoms. The summed E-state index contributed by atoms with van der Waals surface area (Å²) in [6.07, 6.45) is 0.301. The van der Waals surface area contributed by atoms with Crippen molar-refractivity contribution < 1.29 is 20.0 Å². The van der Waals surface area contributed by atoms with E-state index in [1.165, 1.54) is 5.32 Å². The van der Waals surface area contributed by atoms with Crippen LogP contribution in [0.3, 0.4) is 0 Å². The van der Waals surface area contributed by atoms with Crippen LogP contribution in [0.15, 0.2) is 24.3 Å². The molecule has 0 radical (unpaired) electrons. The molecule has 0 saturated heterocycles. The lowest BCUT2D eigenvalue weighted by Gasteiger charge is -2.02. The molecule has 1 rings (SSSR count). The van der Waals surface area contributed by atoms with Gasteiger partial charge in [-0.2, -0.15) is 0 Å². The van der Waals surface area contributed by atoms with E-state index in [0.29, 0.717) is 23.6 Å². The number of carbonyl (C=O) groups excluding carboxylic acids is 2. The molecular weight excluding hydrogens is 230 g/mol. The van der Waals surface area contributed by atoms with E-state index in [-0.39, 0.29) is 12.3 Å². The molecule has 0 aliphatic rings. The Balaban J connectivity index is 2.35. The Bertz CT molecular complexity index is 375. The maximum Gasteiger partial charge on any atom is 0.168 e. The highest BCUT2D eigenvalue weighted by Crippen LogP contribution is 2.10. The Morgan fingerprint density at radius 3 is 2.44 bits per heavy atom. The molecule has 0 fully saturated rings. The Morgan fingerprint density at radius 1 is 1.25 bits per heavy atom. The van der Waals surface area contributed by atoms with Gasteiger partial charge in [0, 0.05) is 10.6 Å². The molecular formula is C11H12ClNO3. The van der Waals surface area contributed by atoms with E-state index in [1.807, 2.05) is 0 Å². The van der Waals surface area contributed by atoms with Crippen LogP contribution in [0.2, 0.25) is 5.02 Å². The minimum absolute atomic E-state index is 0.0220. The van der Waals surface area contributed by atoms with E-state index in [1.54, 1.807) is 24.3 Å². The quantitative estimate of drug-likeness (QED) is 0.525. The van der Waals surface area contributed by atoms with Crippen molar-refractivity contribution in [2.45, 2.75) is 6.42 Å². The molecule has 86 valence electrons. The van der Waals surface area contributed by atoms with Gasteiger partial charge >= 0.3 is 0 Å². The fraction of sp³-hybridized carbons (Fsp3) is 0.273. The van der Waals surface area contributed by atoms with Crippen molar-refractivity contribution in [3.8, 4) is 0 Å². The van der Waals surface area contributed by atoms with Gasteiger partial charge in [0.05, 0.1) is 18.9 Å². The number of carboxylic acids is 1. The summed E-state index contributed by atoms with van der Waals surface area (Å²) in [7, 11) is 0. The first-order valence-corrected chi connectivity index (χ1v) is 5.27. The molecule has 0 aliphatic heterocycles. The van der Waals surface area contributed by atoms with Crippen LogP contribution in [0.4, 0.5) is 0 Å². The first-order valence-electron chi connectivity index (χ1n) is 4.90. The highest BCUT2D eigenvalue weighted by Gasteiger charge is 2.06. The largest absolute Gasteiger partial charge is 0.544 e. The van der Waals surface area contributed by atoms with Gasteiger partial charge in [0.15, 0.2) is 5.78 Å². The SMILES string of the molecule is O=C([O-])C[NH2+]CCC(=O)c1ccc(Cl)cc1. The van der Waals surface area contributed by atoms with Crippen LogP contribution in [0.1, 0.15) is 16.8 Å². The second kappa shape index (κ2) is 6.25. The van der Waals surface area contributed by atoms with Crippen LogP contribution in [0.25, 0.3) is 0 Å². The predicted molar refractivity (Wildman–Crippen MR) is 57.1 cm³/mol. The molecule has 2 N–H and O–H groups in total. The first-order chi connectivity index (χ1) is 7.59. The molecule has 0 unspecified atom stereocenters. The third-order valence-electron chi connectivity index (χ3n) is 2.05. The maximum absolute atomic E-state index is 11.6. The summed E-state index contributed by atoms with van der Waals surface area (Å²) < 4.78 is 0. The second-order valence-corrected chi connectivity index (χ2v) is 3.77. The number of ketones is 1. The van der Waals surface area contributed by atoms with Crippen molar-refractivity contribution in [3.63, 3.8) is 0 Å². The standard InChI is InChI=1S/C11H12ClNO3/c12-9-3-1-8(2-4-9)10(14)5-6-13-7-11(15)16/h1-4,13H,5-7H2,(H,15,16). The zero-order valence-corrected chi connectivity index (χ0v) is 9.37. The van der Waals surface area contributed by atoms with Crippen LogP contribution in [0.5, 0.6) is 0 Å². The van der Waals surface area contributed by atoms with Gasteiger partial charge in [-0.05, 0) is 24.3 Å². The number of halogens is 1. The van der Waals surface area contributed by atoms with Gasteiger partial charge in [-0.1, -0.05) is 11.6 Å². The van der Waals surface area contributed by atoms with Crippen LogP contribution < -0.4 is 10.4 Å². The number of carboxylic acid groups (broad SMARTS) is 1. The number of aliphatic carboxylic acids is 1. The molecule has 0 heterocycles. The predicted octanol–water partition coefficient (Wildman–Crippen LogP) is -0.774. The van der Waals surface area contributed by atoms with E-state index in [2.05, 4.69) is 0 Å². The smallest absolute Gasteiger partial charge is 0.168 e. The van der Waals surface area contributed by atoms with Crippen LogP contribution in [-0.4, -0.2) is 24.8 Å². The van der Waals surface area contributed by atoms with Crippen molar-refractivity contribution in [2.75, 3.05) is 13.1 Å². The lowest BCUT2D eigenvalue weighted by molar-refractivity contribution is -0.649. The summed E-state index contributed by atoms with van der Waals surface area (Å²) in [6.45, 7) is 0.323. The molecule has 0 aromatic heterocycles. The summed E-state index contributed by atoms with van der Waals surface area (Å²) in [4.78, 5) is 21.7. The van der Waals surface area contributed by atoms with Gasteiger partial charge < -0.3 is 15.2 Å². The topological polar surface area (TPSA) is 73.8 Å². The van der Waals surface area contributed by atoms with E-state index >= 15 is 0 Å². The summed E-state index contributed by atoms with van der Waals surface area (Å²) in [6, 6.07) is 6.62. The molecule has 0 amide bonds. The van der Waals surface area contributed by atoms with E-state index in [0.717, 1.165) is 0 Å². The zero-order valence-electron chi connectivity index (χ0n) is 8.61. The number of rotatable bonds is 6. The van der Waals surface area contributed by atoms with Gasteiger partial charge in [-0.3, -0.25) is 4.79 Å². The van der Waals surface area contributed by atoms with Crippen LogP contribution >= 0.6 is 11.6 Å². The van der Waals surface area contributed by atoms with Crippen LogP contribution in [0, 0.1) is 0 Å². The van der Waals surface area contributed by atoms with Crippen molar-refractivity contribution in [1.29, 1.82) is 0 Å². The molecule has 1 aromatic rings. The van der Waals surface area contributed by atoms with Crippen LogP contribution in [-0.2, 0) is 4.79 Å². The molecule has 0 bridgehead atoms. The van der Waals surface area contributed by atoms with Crippen molar-refractivity contribution in [1.82, 2.24) is 0 Å². The molecule has 0 atom stereocenters.